The molecule has 3 atom stereocenters. The summed E-state index contributed by atoms with van der Waals surface area (Å²) in [5.41, 5.74) is 2.87. The summed E-state index contributed by atoms with van der Waals surface area (Å²) in [4.78, 5) is 0. The number of hydrogen-bond acceptors (Lipinski definition) is 5. The van der Waals surface area contributed by atoms with Crippen molar-refractivity contribution in [2.75, 3.05) is 6.26 Å². The lowest BCUT2D eigenvalue weighted by Gasteiger charge is -2.33. The molecule has 1 aliphatic carbocycles. The minimum absolute atomic E-state index is 0.143. The van der Waals surface area contributed by atoms with E-state index in [2.05, 4.69) is 5.43 Å². The minimum atomic E-state index is -2.95. The molecule has 1 saturated carbocycles. The third-order valence-electron chi connectivity index (χ3n) is 4.34. The van der Waals surface area contributed by atoms with Crippen molar-refractivity contribution in [3.63, 3.8) is 0 Å². The summed E-state index contributed by atoms with van der Waals surface area (Å²) in [6.07, 6.45) is 8.19. The van der Waals surface area contributed by atoms with E-state index in [4.69, 9.17) is 10.3 Å². The van der Waals surface area contributed by atoms with Crippen LogP contribution in [0.15, 0.2) is 22.8 Å². The van der Waals surface area contributed by atoms with Gasteiger partial charge in [-0.15, -0.1) is 0 Å². The Morgan fingerprint density at radius 2 is 2.30 bits per heavy atom. The molecule has 0 aliphatic heterocycles. The van der Waals surface area contributed by atoms with Gasteiger partial charge >= 0.3 is 0 Å². The van der Waals surface area contributed by atoms with Gasteiger partial charge in [0.2, 0.25) is 0 Å². The number of furan rings is 1. The summed E-state index contributed by atoms with van der Waals surface area (Å²) in [5.74, 6) is 6.94. The first-order valence-corrected chi connectivity index (χ1v) is 9.13. The zero-order valence-corrected chi connectivity index (χ0v) is 12.7. The molecule has 0 radical (unpaired) electrons. The van der Waals surface area contributed by atoms with E-state index in [0.717, 1.165) is 37.9 Å². The monoisotopic (exact) mass is 300 g/mol. The van der Waals surface area contributed by atoms with Crippen LogP contribution in [0.25, 0.3) is 0 Å². The molecule has 0 bridgehead atoms. The predicted molar refractivity (Wildman–Crippen MR) is 78.7 cm³/mol. The van der Waals surface area contributed by atoms with Gasteiger partial charge < -0.3 is 4.42 Å². The maximum absolute atomic E-state index is 11.7. The number of rotatable bonds is 6. The van der Waals surface area contributed by atoms with Crippen LogP contribution in [0.3, 0.4) is 0 Å². The largest absolute Gasteiger partial charge is 0.469 e. The van der Waals surface area contributed by atoms with Crippen LogP contribution in [0.1, 0.15) is 37.9 Å². The normalized spacial score (nSPS) is 25.5. The molecule has 3 unspecified atom stereocenters. The third-order valence-corrected chi connectivity index (χ3v) is 5.98. The highest BCUT2D eigenvalue weighted by atomic mass is 32.2. The lowest BCUT2D eigenvalue weighted by molar-refractivity contribution is 0.258. The molecule has 1 fully saturated rings. The molecule has 1 heterocycles. The summed E-state index contributed by atoms with van der Waals surface area (Å²) in [5, 5.41) is -0.208. The number of aryl methyl sites for hydroxylation is 1. The molecule has 1 aromatic rings. The molecule has 0 aromatic carbocycles. The van der Waals surface area contributed by atoms with Gasteiger partial charge in [0.15, 0.2) is 0 Å². The van der Waals surface area contributed by atoms with Gasteiger partial charge in [-0.3, -0.25) is 11.3 Å². The van der Waals surface area contributed by atoms with E-state index in [9.17, 15) is 8.42 Å². The lowest BCUT2D eigenvalue weighted by Crippen LogP contribution is -2.44. The summed E-state index contributed by atoms with van der Waals surface area (Å²) in [7, 11) is -2.95. The second-order valence-corrected chi connectivity index (χ2v) is 8.10. The Balaban J connectivity index is 1.93. The van der Waals surface area contributed by atoms with Gasteiger partial charge in [-0.05, 0) is 43.7 Å². The highest BCUT2D eigenvalue weighted by Gasteiger charge is 2.32. The Bertz CT molecular complexity index is 498. The summed E-state index contributed by atoms with van der Waals surface area (Å²) in [6, 6.07) is 3.97. The van der Waals surface area contributed by atoms with Crippen LogP contribution < -0.4 is 11.3 Å². The second kappa shape index (κ2) is 6.74. The SMILES string of the molecule is CS(=O)(=O)C1CCCC(C(CCc2ccco2)NN)C1. The van der Waals surface area contributed by atoms with Crippen LogP contribution in [0.2, 0.25) is 0 Å². The van der Waals surface area contributed by atoms with E-state index in [1.807, 2.05) is 12.1 Å². The molecule has 3 N–H and O–H groups in total. The molecule has 1 aromatic heterocycles. The van der Waals surface area contributed by atoms with Gasteiger partial charge in [-0.2, -0.15) is 0 Å². The van der Waals surface area contributed by atoms with Crippen LogP contribution in [-0.2, 0) is 16.3 Å². The van der Waals surface area contributed by atoms with Crippen LogP contribution in [0.4, 0.5) is 0 Å². The molecule has 20 heavy (non-hydrogen) atoms. The predicted octanol–water partition coefficient (Wildman–Crippen LogP) is 1.65. The molecule has 1 aliphatic rings. The van der Waals surface area contributed by atoms with Crippen molar-refractivity contribution in [1.29, 1.82) is 0 Å². The molecule has 6 heteroatoms. The van der Waals surface area contributed by atoms with E-state index in [1.54, 1.807) is 6.26 Å². The van der Waals surface area contributed by atoms with E-state index >= 15 is 0 Å². The van der Waals surface area contributed by atoms with Crippen molar-refractivity contribution < 1.29 is 12.8 Å². The van der Waals surface area contributed by atoms with Gasteiger partial charge in [0, 0.05) is 18.7 Å². The van der Waals surface area contributed by atoms with Crippen molar-refractivity contribution in [2.45, 2.75) is 49.8 Å². The highest BCUT2D eigenvalue weighted by Crippen LogP contribution is 2.31. The molecule has 0 saturated heterocycles. The van der Waals surface area contributed by atoms with Crippen molar-refractivity contribution in [3.05, 3.63) is 24.2 Å². The zero-order chi connectivity index (χ0) is 14.6. The zero-order valence-electron chi connectivity index (χ0n) is 11.9. The van der Waals surface area contributed by atoms with Crippen LogP contribution in [-0.4, -0.2) is 26.0 Å². The van der Waals surface area contributed by atoms with Gasteiger partial charge in [0.1, 0.15) is 15.6 Å². The van der Waals surface area contributed by atoms with Crippen LogP contribution >= 0.6 is 0 Å². The Kier molecular flexibility index (Phi) is 5.23. The maximum Gasteiger partial charge on any atom is 0.150 e. The van der Waals surface area contributed by atoms with Crippen molar-refractivity contribution >= 4 is 9.84 Å². The minimum Gasteiger partial charge on any atom is -0.469 e. The number of nitrogens with one attached hydrogen (secondary N) is 1. The third kappa shape index (κ3) is 4.07. The molecular weight excluding hydrogens is 276 g/mol. The van der Waals surface area contributed by atoms with Crippen molar-refractivity contribution in [1.82, 2.24) is 5.43 Å². The number of hydrogen-bond donors (Lipinski definition) is 2. The average Bonchev–Trinajstić information content (AvgIpc) is 2.92. The first kappa shape index (κ1) is 15.5. The Hall–Kier alpha value is -0.850. The first-order chi connectivity index (χ1) is 9.50. The lowest BCUT2D eigenvalue weighted by atomic mass is 9.82. The molecule has 114 valence electrons. The maximum atomic E-state index is 11.7. The van der Waals surface area contributed by atoms with Crippen LogP contribution in [0, 0.1) is 5.92 Å². The molecule has 2 rings (SSSR count). The van der Waals surface area contributed by atoms with Gasteiger partial charge in [-0.1, -0.05) is 6.42 Å². The Morgan fingerprint density at radius 3 is 2.90 bits per heavy atom. The van der Waals surface area contributed by atoms with Gasteiger partial charge in [0.25, 0.3) is 0 Å². The fourth-order valence-corrected chi connectivity index (χ4v) is 4.33. The van der Waals surface area contributed by atoms with Gasteiger partial charge in [-0.25, -0.2) is 8.42 Å². The summed E-state index contributed by atoms with van der Waals surface area (Å²) in [6.45, 7) is 0. The second-order valence-electron chi connectivity index (χ2n) is 5.77. The number of hydrazine groups is 1. The topological polar surface area (TPSA) is 85.3 Å². The van der Waals surface area contributed by atoms with Crippen molar-refractivity contribution in [2.24, 2.45) is 11.8 Å². The summed E-state index contributed by atoms with van der Waals surface area (Å²) >= 11 is 0. The van der Waals surface area contributed by atoms with Crippen molar-refractivity contribution in [3.8, 4) is 0 Å². The number of nitrogens with two attached hydrogens (primary N) is 1. The van der Waals surface area contributed by atoms with E-state index in [0.29, 0.717) is 12.3 Å². The highest BCUT2D eigenvalue weighted by molar-refractivity contribution is 7.91. The quantitative estimate of drug-likeness (QED) is 0.616. The fraction of sp³-hybridized carbons (Fsp3) is 0.714. The standard InChI is InChI=1S/C14H24N2O3S/c1-20(17,18)13-6-2-4-11(10-13)14(16-15)8-7-12-5-3-9-19-12/h3,5,9,11,13-14,16H,2,4,6-8,10,15H2,1H3. The Labute approximate surface area is 120 Å². The average molecular weight is 300 g/mol. The van der Waals surface area contributed by atoms with Gasteiger partial charge in [0.05, 0.1) is 11.5 Å². The smallest absolute Gasteiger partial charge is 0.150 e. The first-order valence-electron chi connectivity index (χ1n) is 7.18. The number of sulfone groups is 1. The molecule has 0 spiro atoms. The molecule has 0 amide bonds. The van der Waals surface area contributed by atoms with E-state index in [1.165, 1.54) is 6.26 Å². The summed E-state index contributed by atoms with van der Waals surface area (Å²) < 4.78 is 28.8. The molecule has 5 nitrogen and oxygen atoms in total. The fourth-order valence-electron chi connectivity index (χ4n) is 3.14. The van der Waals surface area contributed by atoms with E-state index in [-0.39, 0.29) is 11.3 Å². The molecular formula is C14H24N2O3S. The van der Waals surface area contributed by atoms with E-state index < -0.39 is 9.84 Å². The van der Waals surface area contributed by atoms with Crippen LogP contribution in [0.5, 0.6) is 0 Å². The Morgan fingerprint density at radius 1 is 1.50 bits per heavy atom.